The number of ketones is 1. The Labute approximate surface area is 107 Å². The van der Waals surface area contributed by atoms with Crippen molar-refractivity contribution >= 4 is 11.4 Å². The van der Waals surface area contributed by atoms with Gasteiger partial charge in [0.05, 0.1) is 5.41 Å². The molecule has 0 radical (unpaired) electrons. The summed E-state index contributed by atoms with van der Waals surface area (Å²) in [6.07, 6.45) is 0.959. The molecule has 0 bridgehead atoms. The van der Waals surface area contributed by atoms with E-state index in [1.54, 1.807) is 7.11 Å². The quantitative estimate of drug-likeness (QED) is 0.754. The van der Waals surface area contributed by atoms with Gasteiger partial charge in [-0.3, -0.25) is 4.79 Å². The molecule has 1 fully saturated rings. The number of benzene rings is 1. The Morgan fingerprint density at radius 1 is 1.22 bits per heavy atom. The monoisotopic (exact) mass is 240 g/mol. The number of hydrogen-bond acceptors (Lipinski definition) is 2. The Bertz CT molecular complexity index is 624. The molecule has 4 rings (SSSR count). The number of methoxy groups -OCH3 is 1. The second-order valence-electron chi connectivity index (χ2n) is 6.14. The van der Waals surface area contributed by atoms with Crippen LogP contribution >= 0.6 is 0 Å². The van der Waals surface area contributed by atoms with Gasteiger partial charge in [-0.15, -0.1) is 0 Å². The molecule has 0 N–H and O–H groups in total. The minimum absolute atomic E-state index is 0.274. The standard InChI is InChI=1S/C16H16O2/c1-15(2)12-10-7-5-4-6-9(10)11-8-16(11,18-3)13(12)14(15)17/h4-7,11H,8H2,1-3H3/t11-,16+/m0/s1. The minimum Gasteiger partial charge on any atom is -0.373 e. The summed E-state index contributed by atoms with van der Waals surface area (Å²) in [5.74, 6) is 0.661. The molecule has 0 spiro atoms. The predicted octanol–water partition coefficient (Wildman–Crippen LogP) is 2.94. The van der Waals surface area contributed by atoms with Crippen molar-refractivity contribution in [1.82, 2.24) is 0 Å². The van der Waals surface area contributed by atoms with Crippen molar-refractivity contribution < 1.29 is 9.53 Å². The number of rotatable bonds is 1. The molecule has 1 saturated carbocycles. The van der Waals surface area contributed by atoms with Crippen LogP contribution < -0.4 is 0 Å². The first-order valence-corrected chi connectivity index (χ1v) is 6.48. The molecule has 92 valence electrons. The molecule has 2 nitrogen and oxygen atoms in total. The van der Waals surface area contributed by atoms with Gasteiger partial charge in [-0.2, -0.15) is 0 Å². The van der Waals surface area contributed by atoms with Gasteiger partial charge < -0.3 is 4.74 Å². The lowest BCUT2D eigenvalue weighted by Crippen LogP contribution is -2.46. The molecule has 0 amide bonds. The van der Waals surface area contributed by atoms with Gasteiger partial charge in [0.25, 0.3) is 0 Å². The van der Waals surface area contributed by atoms with Crippen LogP contribution in [-0.2, 0) is 9.53 Å². The molecule has 0 saturated heterocycles. The maximum atomic E-state index is 12.4. The molecule has 2 atom stereocenters. The van der Waals surface area contributed by atoms with E-state index >= 15 is 0 Å². The Morgan fingerprint density at radius 2 is 1.94 bits per heavy atom. The molecule has 0 heterocycles. The molecule has 2 heteroatoms. The van der Waals surface area contributed by atoms with Crippen LogP contribution in [0.5, 0.6) is 0 Å². The van der Waals surface area contributed by atoms with Crippen molar-refractivity contribution in [3.8, 4) is 0 Å². The van der Waals surface area contributed by atoms with E-state index in [-0.39, 0.29) is 16.8 Å². The fourth-order valence-corrected chi connectivity index (χ4v) is 3.90. The first-order valence-electron chi connectivity index (χ1n) is 6.48. The summed E-state index contributed by atoms with van der Waals surface area (Å²) in [5, 5.41) is 0. The van der Waals surface area contributed by atoms with E-state index in [4.69, 9.17) is 4.74 Å². The highest BCUT2D eigenvalue weighted by molar-refractivity contribution is 6.24. The van der Waals surface area contributed by atoms with Crippen LogP contribution in [0.1, 0.15) is 37.3 Å². The average Bonchev–Trinajstić information content (AvgIpc) is 3.12. The van der Waals surface area contributed by atoms with Crippen LogP contribution in [0.15, 0.2) is 29.8 Å². The lowest BCUT2D eigenvalue weighted by atomic mass is 9.58. The molecule has 1 aromatic rings. The molecule has 3 aliphatic carbocycles. The summed E-state index contributed by atoms with van der Waals surface area (Å²) in [6, 6.07) is 8.47. The van der Waals surface area contributed by atoms with Crippen molar-refractivity contribution in [3.63, 3.8) is 0 Å². The molecule has 0 aromatic heterocycles. The van der Waals surface area contributed by atoms with Gasteiger partial charge in [0.1, 0.15) is 5.60 Å². The Morgan fingerprint density at radius 3 is 2.67 bits per heavy atom. The topological polar surface area (TPSA) is 26.3 Å². The Kier molecular flexibility index (Phi) is 1.62. The van der Waals surface area contributed by atoms with Gasteiger partial charge in [-0.05, 0) is 37.0 Å². The summed E-state index contributed by atoms with van der Waals surface area (Å²) in [6.45, 7) is 4.05. The van der Waals surface area contributed by atoms with Gasteiger partial charge in [-0.25, -0.2) is 0 Å². The third-order valence-corrected chi connectivity index (χ3v) is 4.97. The number of allylic oxidation sites excluding steroid dienone is 1. The van der Waals surface area contributed by atoms with E-state index in [1.165, 1.54) is 16.7 Å². The highest BCUT2D eigenvalue weighted by Crippen LogP contribution is 2.70. The smallest absolute Gasteiger partial charge is 0.172 e. The lowest BCUT2D eigenvalue weighted by Gasteiger charge is -2.45. The largest absolute Gasteiger partial charge is 0.373 e. The van der Waals surface area contributed by atoms with Crippen LogP contribution in [0, 0.1) is 5.41 Å². The molecular weight excluding hydrogens is 224 g/mol. The van der Waals surface area contributed by atoms with Crippen molar-refractivity contribution in [2.45, 2.75) is 31.8 Å². The third-order valence-electron chi connectivity index (χ3n) is 4.97. The molecule has 0 unspecified atom stereocenters. The molecule has 3 aliphatic rings. The van der Waals surface area contributed by atoms with Gasteiger partial charge >= 0.3 is 0 Å². The van der Waals surface area contributed by atoms with Gasteiger partial charge in [0.15, 0.2) is 5.78 Å². The van der Waals surface area contributed by atoms with Crippen LogP contribution in [0.25, 0.3) is 5.57 Å². The van der Waals surface area contributed by atoms with E-state index in [0.29, 0.717) is 5.92 Å². The fourth-order valence-electron chi connectivity index (χ4n) is 3.90. The van der Waals surface area contributed by atoms with Crippen LogP contribution in [-0.4, -0.2) is 18.5 Å². The van der Waals surface area contributed by atoms with E-state index in [2.05, 4.69) is 24.3 Å². The van der Waals surface area contributed by atoms with Gasteiger partial charge in [-0.1, -0.05) is 24.3 Å². The summed E-state index contributed by atoms with van der Waals surface area (Å²) < 4.78 is 5.73. The number of carbonyl (C=O) groups is 1. The molecule has 1 aromatic carbocycles. The third kappa shape index (κ3) is 0.872. The normalized spacial score (nSPS) is 34.4. The zero-order valence-electron chi connectivity index (χ0n) is 10.9. The molecule has 0 aliphatic heterocycles. The zero-order valence-corrected chi connectivity index (χ0v) is 10.9. The summed E-state index contributed by atoms with van der Waals surface area (Å²) in [7, 11) is 1.73. The molecular formula is C16H16O2. The second-order valence-corrected chi connectivity index (χ2v) is 6.14. The summed E-state index contributed by atoms with van der Waals surface area (Å²) in [5.41, 5.74) is 4.17. The number of carbonyl (C=O) groups excluding carboxylic acids is 1. The minimum atomic E-state index is -0.343. The highest BCUT2D eigenvalue weighted by Gasteiger charge is 2.69. The SMILES string of the molecule is CO[C@]12C[C@H]1c1ccccc1C1=C2C(=O)C1(C)C. The van der Waals surface area contributed by atoms with E-state index < -0.39 is 0 Å². The first-order chi connectivity index (χ1) is 8.54. The van der Waals surface area contributed by atoms with Crippen molar-refractivity contribution in [3.05, 3.63) is 41.0 Å². The number of hydrogen-bond donors (Lipinski definition) is 0. The van der Waals surface area contributed by atoms with Crippen LogP contribution in [0.3, 0.4) is 0 Å². The van der Waals surface area contributed by atoms with Crippen molar-refractivity contribution in [1.29, 1.82) is 0 Å². The maximum Gasteiger partial charge on any atom is 0.172 e. The van der Waals surface area contributed by atoms with E-state index in [1.807, 2.05) is 13.8 Å². The van der Waals surface area contributed by atoms with E-state index in [9.17, 15) is 4.79 Å². The Hall–Kier alpha value is -1.41. The fraction of sp³-hybridized carbons (Fsp3) is 0.438. The van der Waals surface area contributed by atoms with Crippen molar-refractivity contribution in [2.24, 2.45) is 5.41 Å². The van der Waals surface area contributed by atoms with E-state index in [0.717, 1.165) is 12.0 Å². The second kappa shape index (κ2) is 2.77. The van der Waals surface area contributed by atoms with Crippen LogP contribution in [0.2, 0.25) is 0 Å². The number of Topliss-reactive ketones (excluding diaryl/α,β-unsaturated/α-hetero) is 1. The Balaban J connectivity index is 2.05. The average molecular weight is 240 g/mol. The number of fused-ring (bicyclic) bond motifs is 5. The summed E-state index contributed by atoms with van der Waals surface area (Å²) >= 11 is 0. The van der Waals surface area contributed by atoms with Gasteiger partial charge in [0, 0.05) is 18.6 Å². The zero-order chi connectivity index (χ0) is 12.7. The number of ether oxygens (including phenoxy) is 1. The van der Waals surface area contributed by atoms with Crippen molar-refractivity contribution in [2.75, 3.05) is 7.11 Å². The first kappa shape index (κ1) is 10.5. The maximum absolute atomic E-state index is 12.4. The highest BCUT2D eigenvalue weighted by atomic mass is 16.5. The summed E-state index contributed by atoms with van der Waals surface area (Å²) in [4.78, 5) is 12.4. The predicted molar refractivity (Wildman–Crippen MR) is 69.2 cm³/mol. The van der Waals surface area contributed by atoms with Gasteiger partial charge in [0.2, 0.25) is 0 Å². The van der Waals surface area contributed by atoms with Crippen LogP contribution in [0.4, 0.5) is 0 Å². The lowest BCUT2D eigenvalue weighted by molar-refractivity contribution is -0.124. The molecule has 18 heavy (non-hydrogen) atoms.